The first-order valence-electron chi connectivity index (χ1n) is 7.61. The van der Waals surface area contributed by atoms with Crippen LogP contribution in [0, 0.1) is 17.5 Å². The Kier molecular flexibility index (Phi) is 6.06. The van der Waals surface area contributed by atoms with E-state index >= 15 is 0 Å². The maximum atomic E-state index is 13.9. The number of hydrogen-bond donors (Lipinski definition) is 1. The third-order valence-corrected chi connectivity index (χ3v) is 3.94. The molecule has 1 aromatic carbocycles. The zero-order valence-electron chi connectivity index (χ0n) is 12.3. The van der Waals surface area contributed by atoms with Crippen molar-refractivity contribution >= 4 is 0 Å². The third kappa shape index (κ3) is 4.20. The highest BCUT2D eigenvalue weighted by atomic mass is 19.2. The number of rotatable bonds is 6. The molecule has 1 N–H and O–H groups in total. The van der Waals surface area contributed by atoms with Crippen LogP contribution in [0.4, 0.5) is 13.2 Å². The molecule has 0 saturated carbocycles. The summed E-state index contributed by atoms with van der Waals surface area (Å²) in [6, 6.07) is 1.98. The van der Waals surface area contributed by atoms with E-state index in [9.17, 15) is 13.2 Å². The molecule has 1 heterocycles. The summed E-state index contributed by atoms with van der Waals surface area (Å²) in [5, 5.41) is 3.14. The van der Waals surface area contributed by atoms with Crippen molar-refractivity contribution in [1.29, 1.82) is 0 Å². The minimum atomic E-state index is -1.40. The third-order valence-electron chi connectivity index (χ3n) is 3.94. The van der Waals surface area contributed by atoms with Gasteiger partial charge in [-0.05, 0) is 44.7 Å². The molecule has 1 saturated heterocycles. The van der Waals surface area contributed by atoms with Crippen molar-refractivity contribution in [3.8, 4) is 0 Å². The smallest absolute Gasteiger partial charge is 0.194 e. The van der Waals surface area contributed by atoms with Crippen LogP contribution >= 0.6 is 0 Å². The minimum Gasteiger partial charge on any atom is -0.378 e. The van der Waals surface area contributed by atoms with Crippen molar-refractivity contribution in [2.75, 3.05) is 13.2 Å². The summed E-state index contributed by atoms with van der Waals surface area (Å²) in [5.74, 6) is -3.64. The Hall–Kier alpha value is -1.07. The maximum absolute atomic E-state index is 13.9. The lowest BCUT2D eigenvalue weighted by molar-refractivity contribution is 0.00850. The number of nitrogens with one attached hydrogen (secondary N) is 1. The van der Waals surface area contributed by atoms with Crippen LogP contribution in [0.5, 0.6) is 0 Å². The summed E-state index contributed by atoms with van der Waals surface area (Å²) in [4.78, 5) is 0. The molecule has 5 heteroatoms. The van der Waals surface area contributed by atoms with E-state index in [2.05, 4.69) is 5.32 Å². The Morgan fingerprint density at radius 2 is 2.05 bits per heavy atom. The molecule has 0 aliphatic carbocycles. The second-order valence-corrected chi connectivity index (χ2v) is 5.44. The van der Waals surface area contributed by atoms with Crippen molar-refractivity contribution in [3.05, 3.63) is 35.1 Å². The predicted octanol–water partition coefficient (Wildman–Crippen LogP) is 4.10. The van der Waals surface area contributed by atoms with Crippen molar-refractivity contribution in [2.45, 2.75) is 51.2 Å². The van der Waals surface area contributed by atoms with Gasteiger partial charge in [-0.1, -0.05) is 13.0 Å². The molecular weight excluding hydrogens is 279 g/mol. The van der Waals surface area contributed by atoms with Crippen LogP contribution in [0.15, 0.2) is 12.1 Å². The molecule has 1 fully saturated rings. The van der Waals surface area contributed by atoms with Gasteiger partial charge in [-0.25, -0.2) is 13.2 Å². The monoisotopic (exact) mass is 301 g/mol. The maximum Gasteiger partial charge on any atom is 0.194 e. The van der Waals surface area contributed by atoms with Gasteiger partial charge >= 0.3 is 0 Å². The van der Waals surface area contributed by atoms with Crippen LogP contribution in [0.1, 0.15) is 50.6 Å². The lowest BCUT2D eigenvalue weighted by atomic mass is 9.96. The zero-order valence-corrected chi connectivity index (χ0v) is 12.3. The SMILES string of the molecule is CCNC(CCC1CCCCO1)c1ccc(F)c(F)c1F. The molecule has 1 aliphatic heterocycles. The van der Waals surface area contributed by atoms with E-state index in [4.69, 9.17) is 4.74 Å². The second kappa shape index (κ2) is 7.80. The van der Waals surface area contributed by atoms with E-state index in [0.717, 1.165) is 38.4 Å². The van der Waals surface area contributed by atoms with Crippen LogP contribution in [0.25, 0.3) is 0 Å². The number of halogens is 3. The predicted molar refractivity (Wildman–Crippen MR) is 75.6 cm³/mol. The largest absolute Gasteiger partial charge is 0.378 e. The van der Waals surface area contributed by atoms with E-state index in [1.54, 1.807) is 0 Å². The fraction of sp³-hybridized carbons (Fsp3) is 0.625. The second-order valence-electron chi connectivity index (χ2n) is 5.44. The van der Waals surface area contributed by atoms with Gasteiger partial charge in [-0.15, -0.1) is 0 Å². The fourth-order valence-corrected chi connectivity index (χ4v) is 2.81. The van der Waals surface area contributed by atoms with Gasteiger partial charge in [0.2, 0.25) is 0 Å². The zero-order chi connectivity index (χ0) is 15.2. The first-order valence-corrected chi connectivity index (χ1v) is 7.61. The summed E-state index contributed by atoms with van der Waals surface area (Å²) >= 11 is 0. The van der Waals surface area contributed by atoms with Gasteiger partial charge in [0.05, 0.1) is 6.10 Å². The van der Waals surface area contributed by atoms with E-state index in [1.807, 2.05) is 6.92 Å². The number of benzene rings is 1. The van der Waals surface area contributed by atoms with Gasteiger partial charge < -0.3 is 10.1 Å². The van der Waals surface area contributed by atoms with Gasteiger partial charge in [0.1, 0.15) is 0 Å². The molecule has 0 radical (unpaired) electrons. The highest BCUT2D eigenvalue weighted by molar-refractivity contribution is 5.23. The van der Waals surface area contributed by atoms with Crippen molar-refractivity contribution in [3.63, 3.8) is 0 Å². The summed E-state index contributed by atoms with van der Waals surface area (Å²) in [6.45, 7) is 3.31. The van der Waals surface area contributed by atoms with Gasteiger partial charge in [-0.2, -0.15) is 0 Å². The van der Waals surface area contributed by atoms with E-state index in [-0.39, 0.29) is 17.7 Å². The summed E-state index contributed by atoms with van der Waals surface area (Å²) < 4.78 is 46.0. The average Bonchev–Trinajstić information content (AvgIpc) is 2.51. The van der Waals surface area contributed by atoms with Crippen molar-refractivity contribution in [2.24, 2.45) is 0 Å². The Morgan fingerprint density at radius 1 is 1.24 bits per heavy atom. The fourth-order valence-electron chi connectivity index (χ4n) is 2.81. The van der Waals surface area contributed by atoms with E-state index in [1.165, 1.54) is 6.07 Å². The Balaban J connectivity index is 2.05. The standard InChI is InChI=1S/C16H22F3NO/c1-2-20-14(9-6-11-5-3-4-10-21-11)12-7-8-13(17)16(19)15(12)18/h7-8,11,14,20H,2-6,9-10H2,1H3. The number of hydrogen-bond acceptors (Lipinski definition) is 2. The summed E-state index contributed by atoms with van der Waals surface area (Å²) in [7, 11) is 0. The molecule has 1 aliphatic rings. The molecule has 0 amide bonds. The van der Waals surface area contributed by atoms with Crippen molar-refractivity contribution < 1.29 is 17.9 Å². The molecule has 21 heavy (non-hydrogen) atoms. The number of ether oxygens (including phenoxy) is 1. The van der Waals surface area contributed by atoms with Crippen LogP contribution < -0.4 is 5.32 Å². The normalized spacial score (nSPS) is 20.5. The average molecular weight is 301 g/mol. The van der Waals surface area contributed by atoms with Crippen molar-refractivity contribution in [1.82, 2.24) is 5.32 Å². The Morgan fingerprint density at radius 3 is 2.71 bits per heavy atom. The van der Waals surface area contributed by atoms with Crippen LogP contribution in [0.2, 0.25) is 0 Å². The Labute approximate surface area is 123 Å². The van der Waals surface area contributed by atoms with Crippen LogP contribution in [-0.4, -0.2) is 19.3 Å². The molecule has 2 nitrogen and oxygen atoms in total. The Bertz CT molecular complexity index is 461. The lowest BCUT2D eigenvalue weighted by Gasteiger charge is -2.25. The lowest BCUT2D eigenvalue weighted by Crippen LogP contribution is -2.26. The van der Waals surface area contributed by atoms with E-state index < -0.39 is 17.5 Å². The van der Waals surface area contributed by atoms with Crippen LogP contribution in [-0.2, 0) is 4.74 Å². The van der Waals surface area contributed by atoms with Gasteiger partial charge in [0.15, 0.2) is 17.5 Å². The molecule has 2 unspecified atom stereocenters. The van der Waals surface area contributed by atoms with Gasteiger partial charge in [0, 0.05) is 18.2 Å². The summed E-state index contributed by atoms with van der Waals surface area (Å²) in [5.41, 5.74) is 0.187. The van der Waals surface area contributed by atoms with Gasteiger partial charge in [0.25, 0.3) is 0 Å². The first-order chi connectivity index (χ1) is 10.1. The highest BCUT2D eigenvalue weighted by Gasteiger charge is 2.22. The molecule has 2 atom stereocenters. The summed E-state index contributed by atoms with van der Waals surface area (Å²) in [6.07, 6.45) is 4.87. The molecule has 0 spiro atoms. The quantitative estimate of drug-likeness (QED) is 0.799. The first kappa shape index (κ1) is 16.3. The minimum absolute atomic E-state index is 0.187. The molecule has 0 bridgehead atoms. The highest BCUT2D eigenvalue weighted by Crippen LogP contribution is 2.27. The van der Waals surface area contributed by atoms with Gasteiger partial charge in [-0.3, -0.25) is 0 Å². The molecule has 118 valence electrons. The topological polar surface area (TPSA) is 21.3 Å². The molecular formula is C16H22F3NO. The molecule has 2 rings (SSSR count). The van der Waals surface area contributed by atoms with Crippen LogP contribution in [0.3, 0.4) is 0 Å². The molecule has 0 aromatic heterocycles. The molecule has 1 aromatic rings. The van der Waals surface area contributed by atoms with E-state index in [0.29, 0.717) is 13.0 Å².